The maximum absolute atomic E-state index is 11.9. The molecule has 0 saturated heterocycles. The number of carbonyl (C=O) groups excluding carboxylic acids is 1. The van der Waals surface area contributed by atoms with Crippen molar-refractivity contribution in [1.82, 2.24) is 4.57 Å². The number of aromatic nitrogens is 1. The highest BCUT2D eigenvalue weighted by Gasteiger charge is 2.04. The number of anilines is 2. The Bertz CT molecular complexity index is 650. The summed E-state index contributed by atoms with van der Waals surface area (Å²) >= 11 is 0. The third kappa shape index (κ3) is 4.49. The highest BCUT2D eigenvalue weighted by Crippen LogP contribution is 2.06. The molecule has 0 aliphatic carbocycles. The van der Waals surface area contributed by atoms with E-state index in [0.717, 1.165) is 12.1 Å². The van der Waals surface area contributed by atoms with E-state index in [1.807, 2.05) is 37.3 Å². The fourth-order valence-corrected chi connectivity index (χ4v) is 1.96. The standard InChI is InChI=1S/C16H19N3O2/c1-2-10-19-12-14(8-9-16(19)21)18-15(20)11-17-13-6-4-3-5-7-13/h3-9,12,17H,2,10-11H2,1H3,(H,18,20). The van der Waals surface area contributed by atoms with Crippen LogP contribution in [0, 0.1) is 0 Å². The summed E-state index contributed by atoms with van der Waals surface area (Å²) in [6.07, 6.45) is 2.54. The first kappa shape index (κ1) is 14.8. The summed E-state index contributed by atoms with van der Waals surface area (Å²) in [6.45, 7) is 2.82. The second-order valence-electron chi connectivity index (χ2n) is 4.72. The van der Waals surface area contributed by atoms with Crippen molar-refractivity contribution in [3.05, 3.63) is 59.0 Å². The summed E-state index contributed by atoms with van der Waals surface area (Å²) in [5.41, 5.74) is 1.46. The van der Waals surface area contributed by atoms with Crippen molar-refractivity contribution in [1.29, 1.82) is 0 Å². The number of nitrogens with zero attached hydrogens (tertiary/aromatic N) is 1. The highest BCUT2D eigenvalue weighted by molar-refractivity contribution is 5.93. The van der Waals surface area contributed by atoms with Crippen molar-refractivity contribution >= 4 is 17.3 Å². The first-order chi connectivity index (χ1) is 10.2. The molecule has 1 heterocycles. The number of nitrogens with one attached hydrogen (secondary N) is 2. The fraction of sp³-hybridized carbons (Fsp3) is 0.250. The first-order valence-electron chi connectivity index (χ1n) is 6.98. The van der Waals surface area contributed by atoms with Gasteiger partial charge in [-0.3, -0.25) is 9.59 Å². The molecule has 0 unspecified atom stereocenters. The molecule has 0 spiro atoms. The second-order valence-corrected chi connectivity index (χ2v) is 4.72. The zero-order valence-corrected chi connectivity index (χ0v) is 12.0. The Balaban J connectivity index is 1.93. The average molecular weight is 285 g/mol. The van der Waals surface area contributed by atoms with Crippen LogP contribution in [0.1, 0.15) is 13.3 Å². The summed E-state index contributed by atoms with van der Waals surface area (Å²) in [5.74, 6) is -0.152. The number of benzene rings is 1. The number of pyridine rings is 1. The van der Waals surface area contributed by atoms with Gasteiger partial charge >= 0.3 is 0 Å². The minimum absolute atomic E-state index is 0.0581. The van der Waals surface area contributed by atoms with Crippen LogP contribution in [0.5, 0.6) is 0 Å². The van der Waals surface area contributed by atoms with E-state index in [1.54, 1.807) is 16.8 Å². The molecule has 5 heteroatoms. The van der Waals surface area contributed by atoms with Crippen molar-refractivity contribution in [2.45, 2.75) is 19.9 Å². The molecular weight excluding hydrogens is 266 g/mol. The molecule has 1 amide bonds. The van der Waals surface area contributed by atoms with Crippen LogP contribution < -0.4 is 16.2 Å². The van der Waals surface area contributed by atoms with Gasteiger partial charge in [0, 0.05) is 24.5 Å². The smallest absolute Gasteiger partial charge is 0.250 e. The molecule has 0 aliphatic rings. The summed E-state index contributed by atoms with van der Waals surface area (Å²) < 4.78 is 1.60. The molecule has 2 N–H and O–H groups in total. The number of carbonyl (C=O) groups is 1. The van der Waals surface area contributed by atoms with E-state index in [9.17, 15) is 9.59 Å². The van der Waals surface area contributed by atoms with Gasteiger partial charge in [0.2, 0.25) is 5.91 Å². The van der Waals surface area contributed by atoms with Gasteiger partial charge in [0.1, 0.15) is 0 Å². The lowest BCUT2D eigenvalue weighted by atomic mass is 10.3. The van der Waals surface area contributed by atoms with Gasteiger partial charge in [-0.2, -0.15) is 0 Å². The number of aryl methyl sites for hydroxylation is 1. The van der Waals surface area contributed by atoms with Crippen molar-refractivity contribution in [3.8, 4) is 0 Å². The fourth-order valence-electron chi connectivity index (χ4n) is 1.96. The minimum Gasteiger partial charge on any atom is -0.376 e. The molecule has 0 aliphatic heterocycles. The maximum Gasteiger partial charge on any atom is 0.250 e. The molecule has 5 nitrogen and oxygen atoms in total. The van der Waals surface area contributed by atoms with Crippen LogP contribution >= 0.6 is 0 Å². The van der Waals surface area contributed by atoms with Crippen molar-refractivity contribution in [3.63, 3.8) is 0 Å². The summed E-state index contributed by atoms with van der Waals surface area (Å²) in [5, 5.41) is 5.81. The van der Waals surface area contributed by atoms with Gasteiger partial charge in [-0.25, -0.2) is 0 Å². The number of rotatable bonds is 6. The lowest BCUT2D eigenvalue weighted by molar-refractivity contribution is -0.114. The zero-order valence-electron chi connectivity index (χ0n) is 12.0. The topological polar surface area (TPSA) is 63.1 Å². The van der Waals surface area contributed by atoms with Gasteiger partial charge < -0.3 is 15.2 Å². The van der Waals surface area contributed by atoms with Gasteiger partial charge in [-0.05, 0) is 24.6 Å². The van der Waals surface area contributed by atoms with Gasteiger partial charge in [0.15, 0.2) is 0 Å². The zero-order chi connectivity index (χ0) is 15.1. The first-order valence-corrected chi connectivity index (χ1v) is 6.98. The van der Waals surface area contributed by atoms with Crippen molar-refractivity contribution < 1.29 is 4.79 Å². The van der Waals surface area contributed by atoms with Crippen molar-refractivity contribution in [2.24, 2.45) is 0 Å². The van der Waals surface area contributed by atoms with E-state index in [-0.39, 0.29) is 18.0 Å². The third-order valence-electron chi connectivity index (χ3n) is 2.96. The monoisotopic (exact) mass is 285 g/mol. The molecule has 2 aromatic rings. The van der Waals surface area contributed by atoms with Crippen LogP contribution in [0.15, 0.2) is 53.5 Å². The summed E-state index contributed by atoms with van der Waals surface area (Å²) in [6, 6.07) is 12.6. The van der Waals surface area contributed by atoms with Gasteiger partial charge in [0.25, 0.3) is 5.56 Å². The Morgan fingerprint density at radius 2 is 1.86 bits per heavy atom. The third-order valence-corrected chi connectivity index (χ3v) is 2.96. The van der Waals surface area contributed by atoms with Gasteiger partial charge in [-0.1, -0.05) is 25.1 Å². The second kappa shape index (κ2) is 7.28. The molecule has 110 valence electrons. The lowest BCUT2D eigenvalue weighted by Crippen LogP contribution is -2.24. The molecule has 21 heavy (non-hydrogen) atoms. The van der Waals surface area contributed by atoms with Crippen LogP contribution in [-0.2, 0) is 11.3 Å². The number of hydrogen-bond donors (Lipinski definition) is 2. The molecule has 0 fully saturated rings. The lowest BCUT2D eigenvalue weighted by Gasteiger charge is -2.10. The predicted molar refractivity (Wildman–Crippen MR) is 84.6 cm³/mol. The normalized spacial score (nSPS) is 10.1. The molecule has 0 radical (unpaired) electrons. The number of amides is 1. The molecule has 0 bridgehead atoms. The molecular formula is C16H19N3O2. The van der Waals surface area contributed by atoms with Crippen LogP contribution in [0.2, 0.25) is 0 Å². The van der Waals surface area contributed by atoms with Crippen LogP contribution in [0.25, 0.3) is 0 Å². The quantitative estimate of drug-likeness (QED) is 0.856. The van der Waals surface area contributed by atoms with E-state index in [0.29, 0.717) is 12.2 Å². The Hall–Kier alpha value is -2.56. The van der Waals surface area contributed by atoms with Crippen LogP contribution in [-0.4, -0.2) is 17.0 Å². The predicted octanol–water partition coefficient (Wildman–Crippen LogP) is 2.31. The Kier molecular flexibility index (Phi) is 5.15. The summed E-state index contributed by atoms with van der Waals surface area (Å²) in [7, 11) is 0. The average Bonchev–Trinajstić information content (AvgIpc) is 2.50. The van der Waals surface area contributed by atoms with E-state index in [2.05, 4.69) is 10.6 Å². The van der Waals surface area contributed by atoms with Gasteiger partial charge in [-0.15, -0.1) is 0 Å². The summed E-state index contributed by atoms with van der Waals surface area (Å²) in [4.78, 5) is 23.5. The molecule has 1 aromatic carbocycles. The molecule has 0 saturated carbocycles. The van der Waals surface area contributed by atoms with E-state index in [4.69, 9.17) is 0 Å². The van der Waals surface area contributed by atoms with Gasteiger partial charge in [0.05, 0.1) is 12.2 Å². The molecule has 0 atom stereocenters. The van der Waals surface area contributed by atoms with E-state index < -0.39 is 0 Å². The largest absolute Gasteiger partial charge is 0.376 e. The van der Waals surface area contributed by atoms with Crippen LogP contribution in [0.3, 0.4) is 0 Å². The molecule has 1 aromatic heterocycles. The van der Waals surface area contributed by atoms with E-state index >= 15 is 0 Å². The van der Waals surface area contributed by atoms with Crippen molar-refractivity contribution in [2.75, 3.05) is 17.2 Å². The Morgan fingerprint density at radius 3 is 2.57 bits per heavy atom. The van der Waals surface area contributed by atoms with E-state index in [1.165, 1.54) is 6.07 Å². The highest BCUT2D eigenvalue weighted by atomic mass is 16.2. The van der Waals surface area contributed by atoms with Crippen LogP contribution in [0.4, 0.5) is 11.4 Å². The minimum atomic E-state index is -0.152. The number of para-hydroxylation sites is 1. The number of hydrogen-bond acceptors (Lipinski definition) is 3. The molecule has 2 rings (SSSR count). The Morgan fingerprint density at radius 1 is 1.10 bits per heavy atom. The Labute approximate surface area is 123 Å². The maximum atomic E-state index is 11.9. The SMILES string of the molecule is CCCn1cc(NC(=O)CNc2ccccc2)ccc1=O.